The average molecular weight is 207 g/mol. The first-order valence-electron chi connectivity index (χ1n) is 5.96. The number of hydrogen-bond donors (Lipinski definition) is 1. The van der Waals surface area contributed by atoms with Gasteiger partial charge in [0.05, 0.1) is 5.69 Å². The van der Waals surface area contributed by atoms with Gasteiger partial charge in [-0.3, -0.25) is 4.68 Å². The van der Waals surface area contributed by atoms with Crippen LogP contribution in [-0.4, -0.2) is 15.8 Å². The molecule has 0 amide bonds. The summed E-state index contributed by atoms with van der Waals surface area (Å²) in [7, 11) is 2.00. The first-order chi connectivity index (χ1) is 7.25. The minimum absolute atomic E-state index is 0.719. The SMILES string of the molecule is CC1CCC(NCc2ccnn2C)CC1. The number of rotatable bonds is 3. The molecule has 1 heterocycles. The van der Waals surface area contributed by atoms with Crippen molar-refractivity contribution in [3.05, 3.63) is 18.0 Å². The molecule has 15 heavy (non-hydrogen) atoms. The molecule has 0 aromatic carbocycles. The van der Waals surface area contributed by atoms with E-state index in [4.69, 9.17) is 0 Å². The lowest BCUT2D eigenvalue weighted by Gasteiger charge is -2.27. The maximum absolute atomic E-state index is 4.17. The second-order valence-electron chi connectivity index (χ2n) is 4.78. The van der Waals surface area contributed by atoms with Gasteiger partial charge in [-0.25, -0.2) is 0 Å². The van der Waals surface area contributed by atoms with Gasteiger partial charge in [0, 0.05) is 25.8 Å². The number of hydrogen-bond acceptors (Lipinski definition) is 2. The molecule has 2 rings (SSSR count). The molecule has 1 aliphatic rings. The smallest absolute Gasteiger partial charge is 0.0518 e. The van der Waals surface area contributed by atoms with Crippen LogP contribution in [0.2, 0.25) is 0 Å². The lowest BCUT2D eigenvalue weighted by molar-refractivity contribution is 0.305. The molecule has 84 valence electrons. The van der Waals surface area contributed by atoms with Gasteiger partial charge in [0.25, 0.3) is 0 Å². The predicted molar refractivity (Wildman–Crippen MR) is 61.5 cm³/mol. The largest absolute Gasteiger partial charge is 0.308 e. The lowest BCUT2D eigenvalue weighted by atomic mass is 9.87. The van der Waals surface area contributed by atoms with Crippen LogP contribution in [0.4, 0.5) is 0 Å². The van der Waals surface area contributed by atoms with Crippen molar-refractivity contribution >= 4 is 0 Å². The number of nitrogens with zero attached hydrogens (tertiary/aromatic N) is 2. The van der Waals surface area contributed by atoms with E-state index in [0.717, 1.165) is 18.5 Å². The molecule has 0 spiro atoms. The summed E-state index contributed by atoms with van der Waals surface area (Å²) in [5, 5.41) is 7.79. The molecule has 0 saturated heterocycles. The van der Waals surface area contributed by atoms with Crippen LogP contribution in [0.1, 0.15) is 38.3 Å². The summed E-state index contributed by atoms with van der Waals surface area (Å²) in [5.41, 5.74) is 1.27. The van der Waals surface area contributed by atoms with Crippen molar-refractivity contribution in [3.63, 3.8) is 0 Å². The first-order valence-corrected chi connectivity index (χ1v) is 5.96. The van der Waals surface area contributed by atoms with Crippen molar-refractivity contribution < 1.29 is 0 Å². The highest BCUT2D eigenvalue weighted by molar-refractivity contribution is 4.99. The van der Waals surface area contributed by atoms with Crippen LogP contribution < -0.4 is 5.32 Å². The van der Waals surface area contributed by atoms with Gasteiger partial charge >= 0.3 is 0 Å². The van der Waals surface area contributed by atoms with Gasteiger partial charge in [-0.05, 0) is 37.7 Å². The Morgan fingerprint density at radius 3 is 2.73 bits per heavy atom. The van der Waals surface area contributed by atoms with E-state index in [9.17, 15) is 0 Å². The topological polar surface area (TPSA) is 29.9 Å². The Balaban J connectivity index is 1.77. The zero-order valence-corrected chi connectivity index (χ0v) is 9.74. The van der Waals surface area contributed by atoms with Crippen molar-refractivity contribution in [1.82, 2.24) is 15.1 Å². The summed E-state index contributed by atoms with van der Waals surface area (Å²) in [6, 6.07) is 2.80. The van der Waals surface area contributed by atoms with Crippen LogP contribution >= 0.6 is 0 Å². The van der Waals surface area contributed by atoms with Crippen LogP contribution in [0.25, 0.3) is 0 Å². The second-order valence-corrected chi connectivity index (χ2v) is 4.78. The summed E-state index contributed by atoms with van der Waals surface area (Å²) >= 11 is 0. The zero-order chi connectivity index (χ0) is 10.7. The van der Waals surface area contributed by atoms with E-state index in [0.29, 0.717) is 0 Å². The Labute approximate surface area is 91.9 Å². The van der Waals surface area contributed by atoms with Crippen molar-refractivity contribution in [2.45, 2.75) is 45.2 Å². The third-order valence-corrected chi connectivity index (χ3v) is 3.51. The number of nitrogens with one attached hydrogen (secondary N) is 1. The third-order valence-electron chi connectivity index (χ3n) is 3.51. The van der Waals surface area contributed by atoms with E-state index in [2.05, 4.69) is 23.4 Å². The molecule has 3 heteroatoms. The summed E-state index contributed by atoms with van der Waals surface area (Å²) in [6.45, 7) is 3.31. The van der Waals surface area contributed by atoms with Gasteiger partial charge in [-0.2, -0.15) is 5.10 Å². The van der Waals surface area contributed by atoms with Gasteiger partial charge in [-0.1, -0.05) is 6.92 Å². The van der Waals surface area contributed by atoms with Gasteiger partial charge < -0.3 is 5.32 Å². The Morgan fingerprint density at radius 1 is 1.40 bits per heavy atom. The van der Waals surface area contributed by atoms with Crippen molar-refractivity contribution in [2.75, 3.05) is 0 Å². The van der Waals surface area contributed by atoms with Crippen LogP contribution in [0.5, 0.6) is 0 Å². The molecule has 1 aliphatic carbocycles. The Bertz CT molecular complexity index is 298. The molecule has 0 radical (unpaired) electrons. The fourth-order valence-corrected chi connectivity index (χ4v) is 2.29. The van der Waals surface area contributed by atoms with Crippen LogP contribution in [0.3, 0.4) is 0 Å². The summed E-state index contributed by atoms with van der Waals surface area (Å²) in [5.74, 6) is 0.930. The van der Waals surface area contributed by atoms with Gasteiger partial charge in [0.2, 0.25) is 0 Å². The van der Waals surface area contributed by atoms with E-state index in [1.165, 1.54) is 31.4 Å². The molecular formula is C12H21N3. The summed E-state index contributed by atoms with van der Waals surface area (Å²) < 4.78 is 1.94. The average Bonchev–Trinajstić information content (AvgIpc) is 2.63. The molecule has 1 fully saturated rings. The Morgan fingerprint density at radius 2 is 2.13 bits per heavy atom. The highest BCUT2D eigenvalue weighted by Crippen LogP contribution is 2.23. The van der Waals surface area contributed by atoms with Crippen LogP contribution in [-0.2, 0) is 13.6 Å². The zero-order valence-electron chi connectivity index (χ0n) is 9.74. The van der Waals surface area contributed by atoms with Crippen LogP contribution in [0.15, 0.2) is 12.3 Å². The maximum atomic E-state index is 4.17. The van der Waals surface area contributed by atoms with Crippen molar-refractivity contribution in [3.8, 4) is 0 Å². The molecule has 0 bridgehead atoms. The molecule has 3 nitrogen and oxygen atoms in total. The number of aromatic nitrogens is 2. The van der Waals surface area contributed by atoms with Crippen molar-refractivity contribution in [2.24, 2.45) is 13.0 Å². The van der Waals surface area contributed by atoms with Gasteiger partial charge in [-0.15, -0.1) is 0 Å². The van der Waals surface area contributed by atoms with Gasteiger partial charge in [0.1, 0.15) is 0 Å². The predicted octanol–water partition coefficient (Wildman–Crippen LogP) is 2.09. The quantitative estimate of drug-likeness (QED) is 0.822. The van der Waals surface area contributed by atoms with Crippen molar-refractivity contribution in [1.29, 1.82) is 0 Å². The van der Waals surface area contributed by atoms with Gasteiger partial charge in [0.15, 0.2) is 0 Å². The van der Waals surface area contributed by atoms with Crippen LogP contribution in [0, 0.1) is 5.92 Å². The molecule has 0 unspecified atom stereocenters. The minimum atomic E-state index is 0.719. The molecule has 1 saturated carbocycles. The van der Waals surface area contributed by atoms with E-state index < -0.39 is 0 Å². The van der Waals surface area contributed by atoms with E-state index >= 15 is 0 Å². The monoisotopic (exact) mass is 207 g/mol. The van der Waals surface area contributed by atoms with E-state index in [1.54, 1.807) is 0 Å². The standard InChI is InChI=1S/C12H21N3/c1-10-3-5-11(6-4-10)13-9-12-7-8-14-15(12)2/h7-8,10-11,13H,3-6,9H2,1-2H3. The Hall–Kier alpha value is -0.830. The highest BCUT2D eigenvalue weighted by atomic mass is 15.3. The fraction of sp³-hybridized carbons (Fsp3) is 0.750. The Kier molecular flexibility index (Phi) is 3.41. The third kappa shape index (κ3) is 2.81. The molecule has 0 aliphatic heterocycles. The molecule has 0 atom stereocenters. The fourth-order valence-electron chi connectivity index (χ4n) is 2.29. The van der Waals surface area contributed by atoms with E-state index in [-0.39, 0.29) is 0 Å². The lowest BCUT2D eigenvalue weighted by Crippen LogP contribution is -2.32. The molecular weight excluding hydrogens is 186 g/mol. The minimum Gasteiger partial charge on any atom is -0.308 e. The molecule has 1 N–H and O–H groups in total. The summed E-state index contributed by atoms with van der Waals surface area (Å²) in [6.07, 6.45) is 7.28. The molecule has 1 aromatic rings. The first kappa shape index (κ1) is 10.7. The highest BCUT2D eigenvalue weighted by Gasteiger charge is 2.17. The second kappa shape index (κ2) is 4.79. The number of aryl methyl sites for hydroxylation is 1. The maximum Gasteiger partial charge on any atom is 0.0518 e. The molecule has 1 aromatic heterocycles. The normalized spacial score (nSPS) is 26.8. The van der Waals surface area contributed by atoms with E-state index in [1.807, 2.05) is 17.9 Å². The summed E-state index contributed by atoms with van der Waals surface area (Å²) in [4.78, 5) is 0.